The maximum atomic E-state index is 5.88. The predicted octanol–water partition coefficient (Wildman–Crippen LogP) is 3.49. The highest BCUT2D eigenvalue weighted by Gasteiger charge is 2.31. The van der Waals surface area contributed by atoms with Gasteiger partial charge in [-0.15, -0.1) is 0 Å². The summed E-state index contributed by atoms with van der Waals surface area (Å²) in [5.41, 5.74) is 0. The van der Waals surface area contributed by atoms with Crippen LogP contribution in [-0.4, -0.2) is 19.2 Å². The molecule has 2 heteroatoms. The lowest BCUT2D eigenvalue weighted by molar-refractivity contribution is 0.150. The highest BCUT2D eigenvalue weighted by molar-refractivity contribution is 5.08. The molecule has 17 heavy (non-hydrogen) atoms. The van der Waals surface area contributed by atoms with Gasteiger partial charge in [0, 0.05) is 0 Å². The fourth-order valence-corrected chi connectivity index (χ4v) is 3.15. The summed E-state index contributed by atoms with van der Waals surface area (Å²) in [6, 6.07) is 0.486. The molecule has 1 heterocycles. The molecule has 1 aliphatic carbocycles. The Kier molecular flexibility index (Phi) is 4.90. The van der Waals surface area contributed by atoms with E-state index in [0.29, 0.717) is 6.04 Å². The van der Waals surface area contributed by atoms with E-state index in [1.807, 2.05) is 0 Å². The molecule has 0 amide bonds. The molecule has 0 aromatic carbocycles. The molecule has 2 aliphatic rings. The average molecular weight is 237 g/mol. The summed E-state index contributed by atoms with van der Waals surface area (Å²) in [5, 5.41) is 3.71. The van der Waals surface area contributed by atoms with Gasteiger partial charge in [0.1, 0.15) is 5.76 Å². The summed E-state index contributed by atoms with van der Waals surface area (Å²) in [6.45, 7) is 6.64. The summed E-state index contributed by atoms with van der Waals surface area (Å²) in [7, 11) is 0. The number of rotatable bonds is 5. The first kappa shape index (κ1) is 12.9. The quantitative estimate of drug-likeness (QED) is 0.790. The van der Waals surface area contributed by atoms with Crippen molar-refractivity contribution < 1.29 is 4.74 Å². The number of ether oxygens (including phenoxy) is 1. The van der Waals surface area contributed by atoms with Gasteiger partial charge in [-0.2, -0.15) is 0 Å². The van der Waals surface area contributed by atoms with Crippen LogP contribution in [0.3, 0.4) is 0 Å². The van der Waals surface area contributed by atoms with Gasteiger partial charge in [0.25, 0.3) is 0 Å². The van der Waals surface area contributed by atoms with Crippen LogP contribution < -0.4 is 5.32 Å². The van der Waals surface area contributed by atoms with Gasteiger partial charge in [0.2, 0.25) is 0 Å². The van der Waals surface area contributed by atoms with Crippen molar-refractivity contribution in [1.29, 1.82) is 0 Å². The lowest BCUT2D eigenvalue weighted by atomic mass is 9.94. The minimum Gasteiger partial charge on any atom is -0.497 e. The SMILES string of the molecule is CCCNC(C1=CCCCO1)C1CCC(C)C1. The van der Waals surface area contributed by atoms with E-state index in [9.17, 15) is 0 Å². The van der Waals surface area contributed by atoms with Crippen molar-refractivity contribution in [2.45, 2.75) is 58.4 Å². The highest BCUT2D eigenvalue weighted by Crippen LogP contribution is 2.35. The standard InChI is InChI=1S/C15H27NO/c1-3-9-16-15(13-8-7-12(2)11-13)14-6-4-5-10-17-14/h6,12-13,15-16H,3-5,7-11H2,1-2H3. The molecule has 1 N–H and O–H groups in total. The first-order valence-corrected chi connectivity index (χ1v) is 7.37. The van der Waals surface area contributed by atoms with E-state index in [-0.39, 0.29) is 0 Å². The van der Waals surface area contributed by atoms with Crippen LogP contribution in [0.4, 0.5) is 0 Å². The molecule has 3 unspecified atom stereocenters. The fraction of sp³-hybridized carbons (Fsp3) is 0.867. The number of hydrogen-bond acceptors (Lipinski definition) is 2. The molecule has 1 aliphatic heterocycles. The van der Waals surface area contributed by atoms with Gasteiger partial charge in [-0.05, 0) is 56.6 Å². The van der Waals surface area contributed by atoms with Crippen LogP contribution in [0, 0.1) is 11.8 Å². The summed E-state index contributed by atoms with van der Waals surface area (Å²) < 4.78 is 5.88. The second kappa shape index (κ2) is 6.44. The van der Waals surface area contributed by atoms with E-state index in [2.05, 4.69) is 25.2 Å². The van der Waals surface area contributed by atoms with Crippen LogP contribution >= 0.6 is 0 Å². The molecule has 98 valence electrons. The summed E-state index contributed by atoms with van der Waals surface area (Å²) in [4.78, 5) is 0. The number of hydrogen-bond donors (Lipinski definition) is 1. The van der Waals surface area contributed by atoms with E-state index in [1.165, 1.54) is 44.3 Å². The third-order valence-corrected chi connectivity index (χ3v) is 4.09. The largest absolute Gasteiger partial charge is 0.497 e. The van der Waals surface area contributed by atoms with E-state index >= 15 is 0 Å². The van der Waals surface area contributed by atoms with Gasteiger partial charge in [-0.1, -0.05) is 20.3 Å². The third kappa shape index (κ3) is 3.48. The zero-order chi connectivity index (χ0) is 12.1. The molecule has 1 saturated carbocycles. The van der Waals surface area contributed by atoms with Crippen LogP contribution in [-0.2, 0) is 4.74 Å². The number of allylic oxidation sites excluding steroid dienone is 1. The Morgan fingerprint density at radius 3 is 2.94 bits per heavy atom. The van der Waals surface area contributed by atoms with Gasteiger partial charge in [0.15, 0.2) is 0 Å². The van der Waals surface area contributed by atoms with E-state index in [4.69, 9.17) is 4.74 Å². The molecule has 0 bridgehead atoms. The molecule has 0 spiro atoms. The van der Waals surface area contributed by atoms with Crippen molar-refractivity contribution in [2.24, 2.45) is 11.8 Å². The minimum absolute atomic E-state index is 0.486. The Balaban J connectivity index is 1.99. The molecule has 0 aromatic heterocycles. The van der Waals surface area contributed by atoms with Crippen LogP contribution in [0.1, 0.15) is 52.4 Å². The van der Waals surface area contributed by atoms with Gasteiger partial charge in [0.05, 0.1) is 12.6 Å². The molecule has 2 nitrogen and oxygen atoms in total. The first-order chi connectivity index (χ1) is 8.31. The van der Waals surface area contributed by atoms with Crippen molar-refractivity contribution in [3.63, 3.8) is 0 Å². The Morgan fingerprint density at radius 1 is 1.47 bits per heavy atom. The second-order valence-electron chi connectivity index (χ2n) is 5.71. The summed E-state index contributed by atoms with van der Waals surface area (Å²) in [6.07, 6.45) is 10.0. The Bertz CT molecular complexity index is 262. The maximum Gasteiger partial charge on any atom is 0.109 e. The third-order valence-electron chi connectivity index (χ3n) is 4.09. The molecule has 0 radical (unpaired) electrons. The molecule has 3 atom stereocenters. The van der Waals surface area contributed by atoms with E-state index < -0.39 is 0 Å². The fourth-order valence-electron chi connectivity index (χ4n) is 3.15. The molecule has 0 aromatic rings. The van der Waals surface area contributed by atoms with Crippen LogP contribution in [0.15, 0.2) is 11.8 Å². The van der Waals surface area contributed by atoms with Crippen LogP contribution in [0.5, 0.6) is 0 Å². The predicted molar refractivity (Wildman–Crippen MR) is 71.9 cm³/mol. The molecule has 2 rings (SSSR count). The van der Waals surface area contributed by atoms with Gasteiger partial charge >= 0.3 is 0 Å². The monoisotopic (exact) mass is 237 g/mol. The molecular formula is C15H27NO. The normalized spacial score (nSPS) is 30.8. The van der Waals surface area contributed by atoms with Crippen molar-refractivity contribution in [2.75, 3.05) is 13.2 Å². The van der Waals surface area contributed by atoms with Crippen molar-refractivity contribution in [3.05, 3.63) is 11.8 Å². The van der Waals surface area contributed by atoms with Crippen molar-refractivity contribution >= 4 is 0 Å². The Morgan fingerprint density at radius 2 is 2.35 bits per heavy atom. The van der Waals surface area contributed by atoms with Crippen LogP contribution in [0.2, 0.25) is 0 Å². The summed E-state index contributed by atoms with van der Waals surface area (Å²) in [5.74, 6) is 2.93. The smallest absolute Gasteiger partial charge is 0.109 e. The number of nitrogens with one attached hydrogen (secondary N) is 1. The van der Waals surface area contributed by atoms with Gasteiger partial charge in [-0.25, -0.2) is 0 Å². The Hall–Kier alpha value is -0.500. The highest BCUT2D eigenvalue weighted by atomic mass is 16.5. The second-order valence-corrected chi connectivity index (χ2v) is 5.71. The maximum absolute atomic E-state index is 5.88. The Labute approximate surface area is 106 Å². The van der Waals surface area contributed by atoms with Crippen LogP contribution in [0.25, 0.3) is 0 Å². The molecule has 0 saturated heterocycles. The van der Waals surface area contributed by atoms with E-state index in [0.717, 1.165) is 25.0 Å². The zero-order valence-corrected chi connectivity index (χ0v) is 11.4. The first-order valence-electron chi connectivity index (χ1n) is 7.37. The minimum atomic E-state index is 0.486. The van der Waals surface area contributed by atoms with E-state index in [1.54, 1.807) is 0 Å². The summed E-state index contributed by atoms with van der Waals surface area (Å²) >= 11 is 0. The molecular weight excluding hydrogens is 210 g/mol. The lowest BCUT2D eigenvalue weighted by Crippen LogP contribution is -2.39. The van der Waals surface area contributed by atoms with Crippen molar-refractivity contribution in [1.82, 2.24) is 5.32 Å². The lowest BCUT2D eigenvalue weighted by Gasteiger charge is -2.29. The molecule has 1 fully saturated rings. The average Bonchev–Trinajstić information content (AvgIpc) is 2.78. The van der Waals surface area contributed by atoms with Gasteiger partial charge < -0.3 is 10.1 Å². The zero-order valence-electron chi connectivity index (χ0n) is 11.4. The topological polar surface area (TPSA) is 21.3 Å². The van der Waals surface area contributed by atoms with Crippen molar-refractivity contribution in [3.8, 4) is 0 Å². The van der Waals surface area contributed by atoms with Gasteiger partial charge in [-0.3, -0.25) is 0 Å².